The maximum absolute atomic E-state index is 14.8. The predicted octanol–water partition coefficient (Wildman–Crippen LogP) is 6.03. The minimum Gasteiger partial charge on any atom is -0.491 e. The maximum atomic E-state index is 14.8. The molecule has 0 spiro atoms. The Morgan fingerprint density at radius 2 is 1.97 bits per heavy atom. The van der Waals surface area contributed by atoms with Gasteiger partial charge in [0.1, 0.15) is 23.9 Å². The second-order valence-electron chi connectivity index (χ2n) is 7.95. The third kappa shape index (κ3) is 5.18. The molecule has 0 aliphatic rings. The predicted molar refractivity (Wildman–Crippen MR) is 124 cm³/mol. The number of halogens is 3. The van der Waals surface area contributed by atoms with E-state index in [2.05, 4.69) is 10.3 Å². The fraction of sp³-hybridized carbons (Fsp3) is 0.308. The van der Waals surface area contributed by atoms with E-state index in [9.17, 15) is 13.2 Å². The molecule has 0 saturated carbocycles. The summed E-state index contributed by atoms with van der Waals surface area (Å²) < 4.78 is 48.1. The third-order valence-corrected chi connectivity index (χ3v) is 5.52. The number of alkyl halides is 1. The first-order valence-electron chi connectivity index (χ1n) is 10.8. The average Bonchev–Trinajstić information content (AvgIpc) is 2.80. The smallest absolute Gasteiger partial charge is 0.151 e. The van der Waals surface area contributed by atoms with Crippen LogP contribution in [0.15, 0.2) is 54.9 Å². The number of allylic oxidation sites excluding steroid dienone is 1. The van der Waals surface area contributed by atoms with E-state index in [1.165, 1.54) is 18.2 Å². The summed E-state index contributed by atoms with van der Waals surface area (Å²) in [5.74, 6) is -0.573. The van der Waals surface area contributed by atoms with Gasteiger partial charge < -0.3 is 10.1 Å². The molecule has 0 fully saturated rings. The van der Waals surface area contributed by atoms with Gasteiger partial charge in [0, 0.05) is 12.1 Å². The molecule has 3 rings (SSSR count). The Hall–Kier alpha value is -3.35. The van der Waals surface area contributed by atoms with Crippen LogP contribution in [0.5, 0.6) is 5.75 Å². The molecule has 0 saturated heterocycles. The number of aryl methyl sites for hydroxylation is 1. The van der Waals surface area contributed by atoms with Gasteiger partial charge in [-0.05, 0) is 69.3 Å². The molecule has 0 aliphatic carbocycles. The Balaban J connectivity index is 2.28. The van der Waals surface area contributed by atoms with Crippen molar-refractivity contribution in [2.45, 2.75) is 39.8 Å². The molecule has 0 radical (unpaired) electrons. The van der Waals surface area contributed by atoms with Crippen molar-refractivity contribution < 1.29 is 17.9 Å². The van der Waals surface area contributed by atoms with Gasteiger partial charge in [-0.2, -0.15) is 0 Å². The Labute approximate surface area is 192 Å². The summed E-state index contributed by atoms with van der Waals surface area (Å²) in [6.07, 6.45) is 4.65. The number of hydrogen-bond donors (Lipinski definition) is 1. The van der Waals surface area contributed by atoms with Crippen molar-refractivity contribution in [3.63, 3.8) is 0 Å². The van der Waals surface area contributed by atoms with Gasteiger partial charge >= 0.3 is 0 Å². The van der Waals surface area contributed by atoms with Crippen LogP contribution in [0.1, 0.15) is 43.3 Å². The quantitative estimate of drug-likeness (QED) is 0.428. The summed E-state index contributed by atoms with van der Waals surface area (Å²) in [7, 11) is 0. The minimum atomic E-state index is -0.829. The van der Waals surface area contributed by atoms with Gasteiger partial charge in [-0.25, -0.2) is 18.2 Å². The van der Waals surface area contributed by atoms with Crippen LogP contribution in [0.3, 0.4) is 0 Å². The van der Waals surface area contributed by atoms with Crippen LogP contribution in [0.2, 0.25) is 0 Å². The fourth-order valence-corrected chi connectivity index (χ4v) is 3.74. The molecule has 0 aliphatic heterocycles. The molecule has 1 N–H and O–H groups in total. The zero-order chi connectivity index (χ0) is 24.0. The van der Waals surface area contributed by atoms with Crippen molar-refractivity contribution >= 4 is 0 Å². The molecule has 2 heterocycles. The standard InChI is InChI=1S/C26H28F3N3O/c1-5-10-30-16-26(4,18-8-7-9-19(28)12-18)23-11-17(3)25(33-6-2)24(32-23)21-13-20(14-27)31-15-22(21)29/h5,7-13,15,30H,6,14,16H2,1-4H3. The lowest BCUT2D eigenvalue weighted by molar-refractivity contribution is 0.337. The Morgan fingerprint density at radius 3 is 2.64 bits per heavy atom. The molecule has 3 aromatic rings. The number of nitrogens with one attached hydrogen (secondary N) is 1. The zero-order valence-electron chi connectivity index (χ0n) is 19.3. The van der Waals surface area contributed by atoms with Gasteiger partial charge in [-0.1, -0.05) is 18.2 Å². The van der Waals surface area contributed by atoms with Crippen LogP contribution >= 0.6 is 0 Å². The van der Waals surface area contributed by atoms with Crippen molar-refractivity contribution in [1.82, 2.24) is 15.3 Å². The molecular formula is C26H28F3N3O. The topological polar surface area (TPSA) is 47.0 Å². The van der Waals surface area contributed by atoms with Gasteiger partial charge in [0.25, 0.3) is 0 Å². The largest absolute Gasteiger partial charge is 0.491 e. The minimum absolute atomic E-state index is 0.0985. The summed E-state index contributed by atoms with van der Waals surface area (Å²) in [5.41, 5.74) is 1.74. The first-order valence-corrected chi connectivity index (χ1v) is 10.8. The summed E-state index contributed by atoms with van der Waals surface area (Å²) in [6, 6.07) is 9.56. The molecule has 0 amide bonds. The van der Waals surface area contributed by atoms with Crippen LogP contribution in [0, 0.1) is 18.6 Å². The van der Waals surface area contributed by atoms with E-state index in [1.807, 2.05) is 45.9 Å². The number of hydrogen-bond acceptors (Lipinski definition) is 4. The van der Waals surface area contributed by atoms with E-state index in [0.29, 0.717) is 30.2 Å². The highest BCUT2D eigenvalue weighted by Crippen LogP contribution is 2.39. The first kappa shape index (κ1) is 24.3. The molecule has 1 atom stereocenters. The van der Waals surface area contributed by atoms with E-state index in [-0.39, 0.29) is 22.8 Å². The van der Waals surface area contributed by atoms with Crippen molar-refractivity contribution in [1.29, 1.82) is 0 Å². The van der Waals surface area contributed by atoms with Crippen molar-refractivity contribution in [2.24, 2.45) is 0 Å². The molecule has 7 heteroatoms. The molecule has 4 nitrogen and oxygen atoms in total. The van der Waals surface area contributed by atoms with E-state index >= 15 is 0 Å². The average molecular weight is 456 g/mol. The van der Waals surface area contributed by atoms with Gasteiger partial charge in [0.15, 0.2) is 5.82 Å². The number of aromatic nitrogens is 2. The van der Waals surface area contributed by atoms with Crippen molar-refractivity contribution in [2.75, 3.05) is 13.2 Å². The van der Waals surface area contributed by atoms with E-state index in [4.69, 9.17) is 9.72 Å². The maximum Gasteiger partial charge on any atom is 0.151 e. The van der Waals surface area contributed by atoms with E-state index in [0.717, 1.165) is 11.8 Å². The number of ether oxygens (including phenoxy) is 1. The van der Waals surface area contributed by atoms with Gasteiger partial charge in [-0.15, -0.1) is 0 Å². The second kappa shape index (κ2) is 10.5. The number of pyridine rings is 2. The number of benzene rings is 1. The lowest BCUT2D eigenvalue weighted by Crippen LogP contribution is -2.36. The summed E-state index contributed by atoms with van der Waals surface area (Å²) >= 11 is 0. The number of rotatable bonds is 9. The van der Waals surface area contributed by atoms with E-state index in [1.54, 1.807) is 12.3 Å². The van der Waals surface area contributed by atoms with Crippen LogP contribution < -0.4 is 10.1 Å². The van der Waals surface area contributed by atoms with Crippen molar-refractivity contribution in [3.8, 4) is 17.0 Å². The normalized spacial score (nSPS) is 13.2. The van der Waals surface area contributed by atoms with Gasteiger partial charge in [0.05, 0.1) is 29.6 Å². The monoisotopic (exact) mass is 455 g/mol. The highest BCUT2D eigenvalue weighted by Gasteiger charge is 2.33. The molecule has 174 valence electrons. The highest BCUT2D eigenvalue weighted by atomic mass is 19.1. The van der Waals surface area contributed by atoms with Crippen LogP contribution in [-0.2, 0) is 12.1 Å². The Bertz CT molecular complexity index is 1150. The van der Waals surface area contributed by atoms with Crippen molar-refractivity contribution in [3.05, 3.63) is 89.0 Å². The van der Waals surface area contributed by atoms with Crippen LogP contribution in [-0.4, -0.2) is 23.1 Å². The first-order chi connectivity index (χ1) is 15.8. The summed E-state index contributed by atoms with van der Waals surface area (Å²) in [6.45, 7) is 7.44. The third-order valence-electron chi connectivity index (χ3n) is 5.52. The number of nitrogens with zero attached hydrogens (tertiary/aromatic N) is 2. The Kier molecular flexibility index (Phi) is 7.74. The second-order valence-corrected chi connectivity index (χ2v) is 7.95. The zero-order valence-corrected chi connectivity index (χ0v) is 19.3. The molecule has 33 heavy (non-hydrogen) atoms. The highest BCUT2D eigenvalue weighted by molar-refractivity contribution is 5.69. The van der Waals surface area contributed by atoms with Gasteiger partial charge in [0.2, 0.25) is 0 Å². The van der Waals surface area contributed by atoms with Crippen LogP contribution in [0.25, 0.3) is 11.3 Å². The van der Waals surface area contributed by atoms with Crippen LogP contribution in [0.4, 0.5) is 13.2 Å². The Morgan fingerprint density at radius 1 is 1.18 bits per heavy atom. The van der Waals surface area contributed by atoms with E-state index < -0.39 is 17.9 Å². The SMILES string of the molecule is CC=CNCC(C)(c1cccc(F)c1)c1cc(C)c(OCC)c(-c2cc(CF)ncc2F)n1. The molecule has 2 aromatic heterocycles. The fourth-order valence-electron chi connectivity index (χ4n) is 3.74. The summed E-state index contributed by atoms with van der Waals surface area (Å²) in [5, 5.41) is 3.23. The lowest BCUT2D eigenvalue weighted by Gasteiger charge is -2.31. The molecule has 1 unspecified atom stereocenters. The van der Waals surface area contributed by atoms with Gasteiger partial charge in [-0.3, -0.25) is 4.98 Å². The lowest BCUT2D eigenvalue weighted by atomic mass is 9.78. The molecular weight excluding hydrogens is 427 g/mol. The summed E-state index contributed by atoms with van der Waals surface area (Å²) in [4.78, 5) is 8.60. The molecule has 0 bridgehead atoms. The molecule has 1 aromatic carbocycles.